The molecule has 3 rings (SSSR count). The molecule has 0 unspecified atom stereocenters. The van der Waals surface area contributed by atoms with Gasteiger partial charge in [-0.15, -0.1) is 0 Å². The molecular weight excluding hydrogens is 335 g/mol. The van der Waals surface area contributed by atoms with Crippen LogP contribution in [0, 0.1) is 19.7 Å². The molecule has 1 N–H and O–H groups in total. The third kappa shape index (κ3) is 3.66. The number of benzene rings is 1. The van der Waals surface area contributed by atoms with Gasteiger partial charge in [0.1, 0.15) is 23.4 Å². The third-order valence-corrected chi connectivity index (χ3v) is 4.42. The highest BCUT2D eigenvalue weighted by Gasteiger charge is 2.23. The van der Waals surface area contributed by atoms with Crippen molar-refractivity contribution >= 4 is 5.91 Å². The Morgan fingerprint density at radius 1 is 1.35 bits per heavy atom. The molecule has 2 heterocycles. The molecule has 0 spiro atoms. The van der Waals surface area contributed by atoms with E-state index in [0.29, 0.717) is 23.6 Å². The molecule has 26 heavy (non-hydrogen) atoms. The standard InChI is InChI=1S/C19H21FN4O2/c1-12-14(13(2)26-23-12)8-9-17(25)22-18(19-21-10-11-24(19)3)15-6-4-5-7-16(15)20/h4-7,10-11,18H,8-9H2,1-3H3,(H,22,25)/t18-/m0/s1. The largest absolute Gasteiger partial charge is 0.361 e. The maximum absolute atomic E-state index is 14.3. The highest BCUT2D eigenvalue weighted by Crippen LogP contribution is 2.23. The van der Waals surface area contributed by atoms with E-state index in [9.17, 15) is 9.18 Å². The van der Waals surface area contributed by atoms with Crippen LogP contribution in [0.25, 0.3) is 0 Å². The van der Waals surface area contributed by atoms with Crippen LogP contribution in [0.5, 0.6) is 0 Å². The lowest BCUT2D eigenvalue weighted by Gasteiger charge is -2.19. The molecule has 0 aliphatic carbocycles. The van der Waals surface area contributed by atoms with Gasteiger partial charge in [-0.1, -0.05) is 23.4 Å². The summed E-state index contributed by atoms with van der Waals surface area (Å²) >= 11 is 0. The predicted octanol–water partition coefficient (Wildman–Crippen LogP) is 3.00. The summed E-state index contributed by atoms with van der Waals surface area (Å²) in [4.78, 5) is 16.8. The van der Waals surface area contributed by atoms with E-state index in [1.165, 1.54) is 6.07 Å². The van der Waals surface area contributed by atoms with Crippen LogP contribution >= 0.6 is 0 Å². The van der Waals surface area contributed by atoms with Crippen LogP contribution in [0.4, 0.5) is 4.39 Å². The molecule has 1 atom stereocenters. The number of nitrogens with one attached hydrogen (secondary N) is 1. The molecule has 0 aliphatic rings. The second kappa shape index (κ2) is 7.51. The van der Waals surface area contributed by atoms with E-state index in [2.05, 4.69) is 15.5 Å². The lowest BCUT2D eigenvalue weighted by Crippen LogP contribution is -2.31. The Hall–Kier alpha value is -2.96. The van der Waals surface area contributed by atoms with Gasteiger partial charge in [-0.05, 0) is 26.3 Å². The summed E-state index contributed by atoms with van der Waals surface area (Å²) in [5.41, 5.74) is 2.09. The summed E-state index contributed by atoms with van der Waals surface area (Å²) in [6.07, 6.45) is 4.15. The minimum absolute atomic E-state index is 0.193. The van der Waals surface area contributed by atoms with Crippen molar-refractivity contribution in [3.05, 3.63) is 70.9 Å². The van der Waals surface area contributed by atoms with E-state index < -0.39 is 6.04 Å². The Labute approximate surface area is 151 Å². The fraction of sp³-hybridized carbons (Fsp3) is 0.316. The molecule has 3 aromatic rings. The molecule has 0 aliphatic heterocycles. The van der Waals surface area contributed by atoms with Crippen LogP contribution in [-0.4, -0.2) is 20.6 Å². The number of hydrogen-bond acceptors (Lipinski definition) is 4. The van der Waals surface area contributed by atoms with E-state index >= 15 is 0 Å². The molecule has 1 aromatic carbocycles. The Balaban J connectivity index is 1.79. The average Bonchev–Trinajstić information content (AvgIpc) is 3.17. The molecule has 1 amide bonds. The molecule has 0 saturated heterocycles. The first-order valence-electron chi connectivity index (χ1n) is 8.40. The lowest BCUT2D eigenvalue weighted by atomic mass is 10.0. The van der Waals surface area contributed by atoms with Crippen LogP contribution in [-0.2, 0) is 18.3 Å². The number of halogens is 1. The van der Waals surface area contributed by atoms with Gasteiger partial charge in [-0.2, -0.15) is 0 Å². The predicted molar refractivity (Wildman–Crippen MR) is 93.9 cm³/mol. The van der Waals surface area contributed by atoms with Crippen LogP contribution in [0.3, 0.4) is 0 Å². The number of aryl methyl sites for hydroxylation is 3. The summed E-state index contributed by atoms with van der Waals surface area (Å²) in [7, 11) is 1.81. The van der Waals surface area contributed by atoms with Gasteiger partial charge in [0.25, 0.3) is 0 Å². The molecule has 0 fully saturated rings. The smallest absolute Gasteiger partial charge is 0.221 e. The first kappa shape index (κ1) is 17.8. The number of hydrogen-bond donors (Lipinski definition) is 1. The van der Waals surface area contributed by atoms with Crippen molar-refractivity contribution < 1.29 is 13.7 Å². The highest BCUT2D eigenvalue weighted by molar-refractivity contribution is 5.77. The number of carbonyl (C=O) groups is 1. The van der Waals surface area contributed by atoms with Gasteiger partial charge < -0.3 is 14.4 Å². The van der Waals surface area contributed by atoms with Crippen molar-refractivity contribution in [2.24, 2.45) is 7.05 Å². The van der Waals surface area contributed by atoms with E-state index in [1.54, 1.807) is 35.2 Å². The third-order valence-electron chi connectivity index (χ3n) is 4.42. The van der Waals surface area contributed by atoms with Gasteiger partial charge in [0.15, 0.2) is 0 Å². The summed E-state index contributed by atoms with van der Waals surface area (Å²) in [5.74, 6) is 0.707. The van der Waals surface area contributed by atoms with Gasteiger partial charge in [0, 0.05) is 37.0 Å². The number of amides is 1. The number of aromatic nitrogens is 3. The Morgan fingerprint density at radius 3 is 2.73 bits per heavy atom. The fourth-order valence-electron chi connectivity index (χ4n) is 2.98. The number of imidazole rings is 1. The molecule has 2 aromatic heterocycles. The Morgan fingerprint density at radius 2 is 2.12 bits per heavy atom. The quantitative estimate of drug-likeness (QED) is 0.737. The van der Waals surface area contributed by atoms with Crippen molar-refractivity contribution in [2.75, 3.05) is 0 Å². The van der Waals surface area contributed by atoms with E-state index in [4.69, 9.17) is 4.52 Å². The molecule has 0 radical (unpaired) electrons. The van der Waals surface area contributed by atoms with E-state index in [-0.39, 0.29) is 18.1 Å². The summed E-state index contributed by atoms with van der Waals surface area (Å²) in [6.45, 7) is 3.67. The minimum Gasteiger partial charge on any atom is -0.361 e. The van der Waals surface area contributed by atoms with Gasteiger partial charge >= 0.3 is 0 Å². The van der Waals surface area contributed by atoms with Crippen LogP contribution < -0.4 is 5.32 Å². The summed E-state index contributed by atoms with van der Waals surface area (Å²) in [6, 6.07) is 5.73. The SMILES string of the molecule is Cc1noc(C)c1CCC(=O)N[C@@H](c1ccccc1F)c1nccn1C. The molecule has 0 bridgehead atoms. The zero-order valence-corrected chi connectivity index (χ0v) is 15.0. The zero-order valence-electron chi connectivity index (χ0n) is 15.0. The monoisotopic (exact) mass is 356 g/mol. The molecule has 0 saturated carbocycles. The number of rotatable bonds is 6. The first-order valence-corrected chi connectivity index (χ1v) is 8.40. The molecule has 6 nitrogen and oxygen atoms in total. The number of nitrogens with zero attached hydrogens (tertiary/aromatic N) is 3. The van der Waals surface area contributed by atoms with Crippen LogP contribution in [0.2, 0.25) is 0 Å². The second-order valence-electron chi connectivity index (χ2n) is 6.22. The normalized spacial score (nSPS) is 12.2. The number of carbonyl (C=O) groups excluding carboxylic acids is 1. The fourth-order valence-corrected chi connectivity index (χ4v) is 2.98. The first-order chi connectivity index (χ1) is 12.5. The van der Waals surface area contributed by atoms with Gasteiger partial charge in [0.2, 0.25) is 5.91 Å². The van der Waals surface area contributed by atoms with Gasteiger partial charge in [0.05, 0.1) is 5.69 Å². The van der Waals surface area contributed by atoms with E-state index in [0.717, 1.165) is 11.3 Å². The Kier molecular flexibility index (Phi) is 5.16. The van der Waals surface area contributed by atoms with Gasteiger partial charge in [-0.25, -0.2) is 9.37 Å². The minimum atomic E-state index is -0.659. The topological polar surface area (TPSA) is 73.0 Å². The summed E-state index contributed by atoms with van der Waals surface area (Å²) in [5, 5.41) is 6.80. The van der Waals surface area contributed by atoms with Crippen molar-refractivity contribution in [1.82, 2.24) is 20.0 Å². The van der Waals surface area contributed by atoms with Crippen molar-refractivity contribution in [1.29, 1.82) is 0 Å². The zero-order chi connectivity index (χ0) is 18.7. The molecular formula is C19H21FN4O2. The highest BCUT2D eigenvalue weighted by atomic mass is 19.1. The Bertz CT molecular complexity index is 896. The second-order valence-corrected chi connectivity index (χ2v) is 6.22. The van der Waals surface area contributed by atoms with Crippen molar-refractivity contribution in [3.8, 4) is 0 Å². The molecule has 136 valence electrons. The van der Waals surface area contributed by atoms with Crippen molar-refractivity contribution in [3.63, 3.8) is 0 Å². The van der Waals surface area contributed by atoms with E-state index in [1.807, 2.05) is 20.9 Å². The van der Waals surface area contributed by atoms with Crippen molar-refractivity contribution in [2.45, 2.75) is 32.7 Å². The maximum Gasteiger partial charge on any atom is 0.221 e. The van der Waals surface area contributed by atoms with Crippen LogP contribution in [0.1, 0.15) is 40.9 Å². The van der Waals surface area contributed by atoms with Gasteiger partial charge in [-0.3, -0.25) is 4.79 Å². The van der Waals surface area contributed by atoms with Crippen LogP contribution in [0.15, 0.2) is 41.2 Å². The lowest BCUT2D eigenvalue weighted by molar-refractivity contribution is -0.121. The summed E-state index contributed by atoms with van der Waals surface area (Å²) < 4.78 is 21.2. The average molecular weight is 356 g/mol. The maximum atomic E-state index is 14.3. The molecule has 7 heteroatoms.